The van der Waals surface area contributed by atoms with Crippen LogP contribution in [0.4, 0.5) is 4.39 Å². The van der Waals surface area contributed by atoms with Crippen molar-refractivity contribution in [3.63, 3.8) is 0 Å². The highest BCUT2D eigenvalue weighted by Crippen LogP contribution is 2.23. The first kappa shape index (κ1) is 9.61. The Morgan fingerprint density at radius 2 is 2.42 bits per heavy atom. The summed E-state index contributed by atoms with van der Waals surface area (Å²) in [7, 11) is 0. The summed E-state index contributed by atoms with van der Waals surface area (Å²) in [5.74, 6) is -0.430. The summed E-state index contributed by atoms with van der Waals surface area (Å²) in [5, 5.41) is 9.40. The third-order valence-corrected chi connectivity index (χ3v) is 2.24. The second kappa shape index (κ2) is 3.96. The molecule has 1 atom stereocenters. The normalized spacial score (nSPS) is 13.0. The van der Waals surface area contributed by atoms with Crippen molar-refractivity contribution in [2.24, 2.45) is 0 Å². The highest BCUT2D eigenvalue weighted by Gasteiger charge is 2.10. The van der Waals surface area contributed by atoms with Gasteiger partial charge in [0.15, 0.2) is 0 Å². The van der Waals surface area contributed by atoms with Gasteiger partial charge in [-0.25, -0.2) is 9.37 Å². The van der Waals surface area contributed by atoms with E-state index in [1.54, 1.807) is 0 Å². The van der Waals surface area contributed by atoms with Crippen molar-refractivity contribution in [1.29, 1.82) is 0 Å². The first-order valence-electron chi connectivity index (χ1n) is 3.64. The number of hydrogen-bond acceptors (Lipinski definition) is 2. The molecule has 12 heavy (non-hydrogen) atoms. The zero-order valence-electron chi connectivity index (χ0n) is 6.59. The fourth-order valence-electron chi connectivity index (χ4n) is 0.892. The van der Waals surface area contributed by atoms with Crippen molar-refractivity contribution in [1.82, 2.24) is 4.98 Å². The number of rotatable bonds is 2. The van der Waals surface area contributed by atoms with Gasteiger partial charge in [-0.3, -0.25) is 0 Å². The van der Waals surface area contributed by atoms with E-state index < -0.39 is 11.9 Å². The lowest BCUT2D eigenvalue weighted by atomic mass is 10.1. The van der Waals surface area contributed by atoms with E-state index >= 15 is 0 Å². The maximum atomic E-state index is 12.6. The second-order valence-corrected chi connectivity index (χ2v) is 3.21. The molecule has 1 N–H and O–H groups in total. The molecule has 0 aliphatic heterocycles. The maximum absolute atomic E-state index is 12.6. The molecule has 0 saturated heterocycles. The summed E-state index contributed by atoms with van der Waals surface area (Å²) in [6, 6.07) is 1.28. The van der Waals surface area contributed by atoms with Crippen LogP contribution < -0.4 is 0 Å². The number of aliphatic hydroxyl groups is 1. The van der Waals surface area contributed by atoms with Gasteiger partial charge in [0.1, 0.15) is 10.4 Å². The highest BCUT2D eigenvalue weighted by molar-refractivity contribution is 9.10. The number of halogens is 2. The van der Waals surface area contributed by atoms with Crippen LogP contribution in [-0.4, -0.2) is 10.1 Å². The molecule has 4 heteroatoms. The molecule has 1 aromatic rings. The van der Waals surface area contributed by atoms with Gasteiger partial charge in [0.25, 0.3) is 0 Å². The smallest absolute Gasteiger partial charge is 0.141 e. The van der Waals surface area contributed by atoms with E-state index in [4.69, 9.17) is 0 Å². The number of hydrogen-bond donors (Lipinski definition) is 1. The minimum atomic E-state index is -0.650. The molecule has 1 unspecified atom stereocenters. The van der Waals surface area contributed by atoms with Crippen LogP contribution in [0.1, 0.15) is 25.0 Å². The van der Waals surface area contributed by atoms with Crippen LogP contribution in [0.5, 0.6) is 0 Å². The molecule has 0 saturated carbocycles. The number of pyridine rings is 1. The van der Waals surface area contributed by atoms with Gasteiger partial charge < -0.3 is 5.11 Å². The van der Waals surface area contributed by atoms with Gasteiger partial charge >= 0.3 is 0 Å². The fraction of sp³-hybridized carbons (Fsp3) is 0.375. The first-order chi connectivity index (χ1) is 5.65. The Hall–Kier alpha value is -0.480. The van der Waals surface area contributed by atoms with Gasteiger partial charge in [-0.1, -0.05) is 6.92 Å². The summed E-state index contributed by atoms with van der Waals surface area (Å²) in [4.78, 5) is 3.73. The minimum absolute atomic E-state index is 0.430. The third kappa shape index (κ3) is 2.01. The highest BCUT2D eigenvalue weighted by atomic mass is 79.9. The molecule has 0 fully saturated rings. The van der Waals surface area contributed by atoms with Crippen molar-refractivity contribution in [3.8, 4) is 0 Å². The predicted molar refractivity (Wildman–Crippen MR) is 47.1 cm³/mol. The Balaban J connectivity index is 3.04. The molecule has 0 spiro atoms. The van der Waals surface area contributed by atoms with Gasteiger partial charge in [-0.05, 0) is 28.4 Å². The van der Waals surface area contributed by atoms with E-state index in [0.717, 1.165) is 6.20 Å². The van der Waals surface area contributed by atoms with E-state index in [1.807, 2.05) is 6.92 Å². The molecular formula is C8H9BrFNO. The molecule has 2 nitrogen and oxygen atoms in total. The zero-order chi connectivity index (χ0) is 9.14. The fourth-order valence-corrected chi connectivity index (χ4v) is 1.37. The summed E-state index contributed by atoms with van der Waals surface area (Å²) >= 11 is 3.13. The van der Waals surface area contributed by atoms with Gasteiger partial charge in [-0.15, -0.1) is 0 Å². The molecule has 1 aromatic heterocycles. The van der Waals surface area contributed by atoms with Crippen LogP contribution in [0.15, 0.2) is 16.9 Å². The average molecular weight is 234 g/mol. The maximum Gasteiger partial charge on any atom is 0.141 e. The van der Waals surface area contributed by atoms with Gasteiger partial charge in [0.05, 0.1) is 12.3 Å². The Labute approximate surface area is 78.6 Å². The molecule has 0 amide bonds. The van der Waals surface area contributed by atoms with Crippen LogP contribution in [0.3, 0.4) is 0 Å². The lowest BCUT2D eigenvalue weighted by Gasteiger charge is -2.08. The summed E-state index contributed by atoms with van der Waals surface area (Å²) in [6.45, 7) is 1.82. The van der Waals surface area contributed by atoms with Crippen molar-refractivity contribution >= 4 is 15.9 Å². The molecular weight excluding hydrogens is 225 g/mol. The van der Waals surface area contributed by atoms with E-state index in [9.17, 15) is 9.50 Å². The molecule has 0 aliphatic rings. The standard InChI is InChI=1S/C8H9BrFNO/c1-2-7(12)6-3-5(10)4-11-8(6)9/h3-4,7,12H,2H2,1H3. The Morgan fingerprint density at radius 1 is 1.75 bits per heavy atom. The van der Waals surface area contributed by atoms with E-state index in [-0.39, 0.29) is 0 Å². The quantitative estimate of drug-likeness (QED) is 0.797. The summed E-state index contributed by atoms with van der Waals surface area (Å²) in [5.41, 5.74) is 0.498. The molecule has 1 rings (SSSR count). The Kier molecular flexibility index (Phi) is 3.17. The molecule has 0 aromatic carbocycles. The van der Waals surface area contributed by atoms with Crippen molar-refractivity contribution in [3.05, 3.63) is 28.2 Å². The minimum Gasteiger partial charge on any atom is -0.388 e. The number of nitrogens with zero attached hydrogens (tertiary/aromatic N) is 1. The van der Waals surface area contributed by atoms with Gasteiger partial charge in [0.2, 0.25) is 0 Å². The predicted octanol–water partition coefficient (Wildman–Crippen LogP) is 2.43. The van der Waals surface area contributed by atoms with Crippen LogP contribution >= 0.6 is 15.9 Å². The second-order valence-electron chi connectivity index (χ2n) is 2.46. The number of aromatic nitrogens is 1. The Bertz CT molecular complexity index is 280. The molecule has 1 heterocycles. The lowest BCUT2D eigenvalue weighted by molar-refractivity contribution is 0.172. The molecule has 0 aliphatic carbocycles. The first-order valence-corrected chi connectivity index (χ1v) is 4.43. The summed E-state index contributed by atoms with van der Waals surface area (Å²) < 4.78 is 13.1. The largest absolute Gasteiger partial charge is 0.388 e. The number of aliphatic hydroxyl groups excluding tert-OH is 1. The molecule has 0 bridgehead atoms. The van der Waals surface area contributed by atoms with Crippen molar-refractivity contribution < 1.29 is 9.50 Å². The van der Waals surface area contributed by atoms with Gasteiger partial charge in [0, 0.05) is 5.56 Å². The zero-order valence-corrected chi connectivity index (χ0v) is 8.18. The van der Waals surface area contributed by atoms with Gasteiger partial charge in [-0.2, -0.15) is 0 Å². The van der Waals surface area contributed by atoms with E-state index in [0.29, 0.717) is 16.6 Å². The summed E-state index contributed by atoms with van der Waals surface area (Å²) in [6.07, 6.45) is 1.00. The Morgan fingerprint density at radius 3 is 3.00 bits per heavy atom. The third-order valence-electron chi connectivity index (χ3n) is 1.58. The topological polar surface area (TPSA) is 33.1 Å². The lowest BCUT2D eigenvalue weighted by Crippen LogP contribution is -1.98. The van der Waals surface area contributed by atoms with Crippen LogP contribution in [0.2, 0.25) is 0 Å². The SMILES string of the molecule is CCC(O)c1cc(F)cnc1Br. The average Bonchev–Trinajstić information content (AvgIpc) is 2.08. The van der Waals surface area contributed by atoms with Crippen molar-refractivity contribution in [2.75, 3.05) is 0 Å². The van der Waals surface area contributed by atoms with Crippen molar-refractivity contribution in [2.45, 2.75) is 19.4 Å². The van der Waals surface area contributed by atoms with Crippen LogP contribution in [0.25, 0.3) is 0 Å². The van der Waals surface area contributed by atoms with Crippen LogP contribution in [-0.2, 0) is 0 Å². The van der Waals surface area contributed by atoms with E-state index in [1.165, 1.54) is 6.07 Å². The van der Waals surface area contributed by atoms with Crippen LogP contribution in [0, 0.1) is 5.82 Å². The monoisotopic (exact) mass is 233 g/mol. The molecule has 0 radical (unpaired) electrons. The molecule has 66 valence electrons. The van der Waals surface area contributed by atoms with E-state index in [2.05, 4.69) is 20.9 Å².